The maximum Gasteiger partial charge on any atom is 0.337 e. The number of nitrogen functional groups attached to an aromatic ring is 1. The lowest BCUT2D eigenvalue weighted by Crippen LogP contribution is -2.18. The van der Waals surface area contributed by atoms with Gasteiger partial charge in [-0.2, -0.15) is 0 Å². The predicted octanol–water partition coefficient (Wildman–Crippen LogP) is 2.09. The number of hydrogen-bond acceptors (Lipinski definition) is 5. The molecule has 0 aliphatic heterocycles. The molecule has 104 valence electrons. The molecular formula is C15H17N3O2. The van der Waals surface area contributed by atoms with Gasteiger partial charge in [0.25, 0.3) is 0 Å². The van der Waals surface area contributed by atoms with Crippen LogP contribution in [-0.2, 0) is 11.3 Å². The number of carbonyl (C=O) groups is 1. The SMILES string of the molecule is COC(=O)c1ccc(N(C)Cc2ccncc2)c(N)c1. The fourth-order valence-corrected chi connectivity index (χ4v) is 1.99. The van der Waals surface area contributed by atoms with Crippen LogP contribution in [0.25, 0.3) is 0 Å². The van der Waals surface area contributed by atoms with E-state index in [2.05, 4.69) is 9.72 Å². The van der Waals surface area contributed by atoms with E-state index in [1.54, 1.807) is 24.5 Å². The molecule has 2 N–H and O–H groups in total. The molecule has 1 aromatic heterocycles. The van der Waals surface area contributed by atoms with Crippen LogP contribution in [0, 0.1) is 0 Å². The Bertz CT molecular complexity index is 599. The molecule has 0 aliphatic carbocycles. The summed E-state index contributed by atoms with van der Waals surface area (Å²) in [6.07, 6.45) is 3.51. The first-order chi connectivity index (χ1) is 9.61. The van der Waals surface area contributed by atoms with Gasteiger partial charge >= 0.3 is 5.97 Å². The number of carbonyl (C=O) groups excluding carboxylic acids is 1. The van der Waals surface area contributed by atoms with Crippen molar-refractivity contribution >= 4 is 17.3 Å². The van der Waals surface area contributed by atoms with Crippen LogP contribution in [-0.4, -0.2) is 25.1 Å². The molecule has 0 aliphatic rings. The third-order valence-corrected chi connectivity index (χ3v) is 3.03. The van der Waals surface area contributed by atoms with Gasteiger partial charge in [0, 0.05) is 26.0 Å². The van der Waals surface area contributed by atoms with Crippen molar-refractivity contribution in [2.45, 2.75) is 6.54 Å². The molecule has 5 heteroatoms. The van der Waals surface area contributed by atoms with Gasteiger partial charge in [0.05, 0.1) is 24.0 Å². The van der Waals surface area contributed by atoms with Crippen molar-refractivity contribution < 1.29 is 9.53 Å². The maximum atomic E-state index is 11.4. The van der Waals surface area contributed by atoms with E-state index in [1.165, 1.54) is 7.11 Å². The van der Waals surface area contributed by atoms with E-state index in [0.717, 1.165) is 11.3 Å². The van der Waals surface area contributed by atoms with Crippen LogP contribution in [0.3, 0.4) is 0 Å². The molecule has 0 radical (unpaired) electrons. The molecule has 1 aromatic carbocycles. The summed E-state index contributed by atoms with van der Waals surface area (Å²) in [5.74, 6) is -0.389. The van der Waals surface area contributed by atoms with Gasteiger partial charge in [-0.3, -0.25) is 4.98 Å². The van der Waals surface area contributed by atoms with Gasteiger partial charge in [-0.25, -0.2) is 4.79 Å². The van der Waals surface area contributed by atoms with E-state index >= 15 is 0 Å². The number of hydrogen-bond donors (Lipinski definition) is 1. The number of benzene rings is 1. The van der Waals surface area contributed by atoms with Crippen LogP contribution in [0.5, 0.6) is 0 Å². The number of methoxy groups -OCH3 is 1. The lowest BCUT2D eigenvalue weighted by molar-refractivity contribution is 0.0601. The number of anilines is 2. The monoisotopic (exact) mass is 271 g/mol. The summed E-state index contributed by atoms with van der Waals surface area (Å²) in [5, 5.41) is 0. The van der Waals surface area contributed by atoms with Gasteiger partial charge in [0.1, 0.15) is 0 Å². The average molecular weight is 271 g/mol. The Labute approximate surface area is 118 Å². The largest absolute Gasteiger partial charge is 0.465 e. The molecule has 2 rings (SSSR count). The van der Waals surface area contributed by atoms with Crippen LogP contribution in [0.2, 0.25) is 0 Å². The second-order valence-electron chi connectivity index (χ2n) is 4.48. The second kappa shape index (κ2) is 6.06. The molecule has 0 saturated carbocycles. The minimum atomic E-state index is -0.389. The summed E-state index contributed by atoms with van der Waals surface area (Å²) in [4.78, 5) is 17.4. The van der Waals surface area contributed by atoms with Crippen molar-refractivity contribution in [1.29, 1.82) is 0 Å². The fourth-order valence-electron chi connectivity index (χ4n) is 1.99. The molecule has 0 unspecified atom stereocenters. The third-order valence-electron chi connectivity index (χ3n) is 3.03. The van der Waals surface area contributed by atoms with Crippen LogP contribution in [0.4, 0.5) is 11.4 Å². The highest BCUT2D eigenvalue weighted by Gasteiger charge is 2.11. The highest BCUT2D eigenvalue weighted by molar-refractivity contribution is 5.91. The first-order valence-corrected chi connectivity index (χ1v) is 6.19. The predicted molar refractivity (Wildman–Crippen MR) is 78.5 cm³/mol. The summed E-state index contributed by atoms with van der Waals surface area (Å²) in [6.45, 7) is 0.713. The maximum absolute atomic E-state index is 11.4. The standard InChI is InChI=1S/C15H17N3O2/c1-18(10-11-5-7-17-8-6-11)14-4-3-12(9-13(14)16)15(19)20-2/h3-9H,10,16H2,1-2H3. The quantitative estimate of drug-likeness (QED) is 0.681. The van der Waals surface area contributed by atoms with Crippen LogP contribution < -0.4 is 10.6 Å². The number of esters is 1. The summed E-state index contributed by atoms with van der Waals surface area (Å²) in [6, 6.07) is 9.07. The van der Waals surface area contributed by atoms with Crippen LogP contribution in [0.1, 0.15) is 15.9 Å². The number of pyridine rings is 1. The minimum absolute atomic E-state index is 0.389. The van der Waals surface area contributed by atoms with Crippen molar-refractivity contribution in [1.82, 2.24) is 4.98 Å². The van der Waals surface area contributed by atoms with E-state index in [9.17, 15) is 4.79 Å². The lowest BCUT2D eigenvalue weighted by atomic mass is 10.1. The Morgan fingerprint density at radius 2 is 2.00 bits per heavy atom. The smallest absolute Gasteiger partial charge is 0.337 e. The van der Waals surface area contributed by atoms with Gasteiger partial charge in [-0.15, -0.1) is 0 Å². The van der Waals surface area contributed by atoms with Gasteiger partial charge in [-0.1, -0.05) is 0 Å². The first-order valence-electron chi connectivity index (χ1n) is 6.19. The number of rotatable bonds is 4. The number of nitrogens with zero attached hydrogens (tertiary/aromatic N) is 2. The van der Waals surface area contributed by atoms with E-state index in [-0.39, 0.29) is 5.97 Å². The van der Waals surface area contributed by atoms with Crippen molar-refractivity contribution in [2.75, 3.05) is 24.8 Å². The normalized spacial score (nSPS) is 10.1. The molecule has 0 spiro atoms. The molecule has 20 heavy (non-hydrogen) atoms. The van der Waals surface area contributed by atoms with Crippen molar-refractivity contribution in [3.05, 3.63) is 53.9 Å². The molecule has 0 atom stereocenters. The summed E-state index contributed by atoms with van der Waals surface area (Å²) < 4.78 is 4.67. The van der Waals surface area contributed by atoms with Gasteiger partial charge < -0.3 is 15.4 Å². The van der Waals surface area contributed by atoms with E-state index in [1.807, 2.05) is 30.1 Å². The molecule has 0 bridgehead atoms. The summed E-state index contributed by atoms with van der Waals surface area (Å²) in [5.41, 5.74) is 9.01. The van der Waals surface area contributed by atoms with Gasteiger partial charge in [0.15, 0.2) is 0 Å². The van der Waals surface area contributed by atoms with Crippen LogP contribution >= 0.6 is 0 Å². The van der Waals surface area contributed by atoms with Gasteiger partial charge in [-0.05, 0) is 35.9 Å². The summed E-state index contributed by atoms with van der Waals surface area (Å²) in [7, 11) is 3.30. The zero-order chi connectivity index (χ0) is 14.5. The zero-order valence-electron chi connectivity index (χ0n) is 11.5. The van der Waals surface area contributed by atoms with Gasteiger partial charge in [0.2, 0.25) is 0 Å². The molecule has 0 saturated heterocycles. The molecule has 5 nitrogen and oxygen atoms in total. The first kappa shape index (κ1) is 13.9. The van der Waals surface area contributed by atoms with E-state index in [4.69, 9.17) is 5.73 Å². The van der Waals surface area contributed by atoms with Crippen LogP contribution in [0.15, 0.2) is 42.7 Å². The Balaban J connectivity index is 2.18. The Kier molecular flexibility index (Phi) is 4.20. The fraction of sp³-hybridized carbons (Fsp3) is 0.200. The number of aromatic nitrogens is 1. The zero-order valence-corrected chi connectivity index (χ0v) is 11.5. The van der Waals surface area contributed by atoms with Crippen molar-refractivity contribution in [2.24, 2.45) is 0 Å². The second-order valence-corrected chi connectivity index (χ2v) is 4.48. The van der Waals surface area contributed by atoms with Crippen molar-refractivity contribution in [3.63, 3.8) is 0 Å². The summed E-state index contributed by atoms with van der Waals surface area (Å²) >= 11 is 0. The topological polar surface area (TPSA) is 68.5 Å². The third kappa shape index (κ3) is 3.06. The molecule has 0 fully saturated rings. The molecular weight excluding hydrogens is 254 g/mol. The Morgan fingerprint density at radius 1 is 1.30 bits per heavy atom. The lowest BCUT2D eigenvalue weighted by Gasteiger charge is -2.21. The minimum Gasteiger partial charge on any atom is -0.465 e. The van der Waals surface area contributed by atoms with E-state index in [0.29, 0.717) is 17.8 Å². The molecule has 1 heterocycles. The Hall–Kier alpha value is -2.56. The average Bonchev–Trinajstić information content (AvgIpc) is 2.47. The number of ether oxygens (including phenoxy) is 1. The molecule has 2 aromatic rings. The highest BCUT2D eigenvalue weighted by Crippen LogP contribution is 2.25. The number of nitrogens with two attached hydrogens (primary N) is 1. The Morgan fingerprint density at radius 3 is 2.60 bits per heavy atom. The highest BCUT2D eigenvalue weighted by atomic mass is 16.5. The molecule has 0 amide bonds. The van der Waals surface area contributed by atoms with E-state index < -0.39 is 0 Å². The van der Waals surface area contributed by atoms with Crippen molar-refractivity contribution in [3.8, 4) is 0 Å².